The van der Waals surface area contributed by atoms with Gasteiger partial charge in [-0.15, -0.1) is 0 Å². The molecule has 3 heterocycles. The van der Waals surface area contributed by atoms with Gasteiger partial charge in [0.05, 0.1) is 18.3 Å². The van der Waals surface area contributed by atoms with Crippen LogP contribution in [0.25, 0.3) is 0 Å². The van der Waals surface area contributed by atoms with E-state index < -0.39 is 0 Å². The van der Waals surface area contributed by atoms with Gasteiger partial charge in [0.1, 0.15) is 11.6 Å². The number of aryl methyl sites for hydroxylation is 1. The van der Waals surface area contributed by atoms with Crippen LogP contribution < -0.4 is 16.0 Å². The number of halogens is 2. The van der Waals surface area contributed by atoms with E-state index >= 15 is 0 Å². The molecule has 2 aliphatic heterocycles. The normalized spacial score (nSPS) is 19.6. The third-order valence-electron chi connectivity index (χ3n) is 6.47. The molecule has 34 heavy (non-hydrogen) atoms. The molecular formula is C25H26F2N6O. The van der Waals surface area contributed by atoms with Gasteiger partial charge in [-0.25, -0.2) is 23.5 Å². The van der Waals surface area contributed by atoms with Crippen LogP contribution in [0.2, 0.25) is 0 Å². The highest BCUT2D eigenvalue weighted by Crippen LogP contribution is 2.25. The number of anilines is 2. The zero-order valence-electron chi connectivity index (χ0n) is 18.8. The van der Waals surface area contributed by atoms with Gasteiger partial charge in [-0.2, -0.15) is 0 Å². The van der Waals surface area contributed by atoms with Crippen LogP contribution in [0.1, 0.15) is 28.3 Å². The van der Waals surface area contributed by atoms with Crippen molar-refractivity contribution in [3.8, 4) is 0 Å². The van der Waals surface area contributed by atoms with E-state index in [1.54, 1.807) is 23.2 Å². The third-order valence-corrected chi connectivity index (χ3v) is 6.47. The van der Waals surface area contributed by atoms with Crippen LogP contribution in [-0.2, 0) is 13.0 Å². The fourth-order valence-electron chi connectivity index (χ4n) is 4.59. The molecular weight excluding hydrogens is 438 g/mol. The van der Waals surface area contributed by atoms with Crippen LogP contribution in [-0.4, -0.2) is 46.6 Å². The molecule has 3 N–H and O–H groups in total. The number of hydrogen-bond acceptors (Lipinski definition) is 5. The van der Waals surface area contributed by atoms with Crippen molar-refractivity contribution in [1.29, 1.82) is 0 Å². The summed E-state index contributed by atoms with van der Waals surface area (Å²) in [6.45, 7) is 4.06. The summed E-state index contributed by atoms with van der Waals surface area (Å²) in [4.78, 5) is 23.8. The van der Waals surface area contributed by atoms with Crippen molar-refractivity contribution in [2.75, 3.05) is 25.0 Å². The molecule has 0 unspecified atom stereocenters. The van der Waals surface area contributed by atoms with E-state index in [1.165, 1.54) is 24.3 Å². The summed E-state index contributed by atoms with van der Waals surface area (Å²) >= 11 is 0. The maximum atomic E-state index is 13.7. The molecule has 1 fully saturated rings. The fraction of sp³-hybridized carbons (Fsp3) is 0.320. The molecule has 0 radical (unpaired) electrons. The Morgan fingerprint density at radius 1 is 1.15 bits per heavy atom. The molecule has 0 spiro atoms. The highest BCUT2D eigenvalue weighted by atomic mass is 19.1. The van der Waals surface area contributed by atoms with Gasteiger partial charge in [-0.3, -0.25) is 0 Å². The van der Waals surface area contributed by atoms with Crippen LogP contribution in [0.3, 0.4) is 0 Å². The van der Waals surface area contributed by atoms with Crippen LogP contribution in [0.4, 0.5) is 25.2 Å². The standard InChI is InChI=1S/C25H26F2N6O/c1-15-9-19(27)5-6-21(15)30-24-29-11-17-7-8-33(14-23(17)31-24)25(34)32-22-13-28-12-20(22)16-3-2-4-18(26)10-16/h2-6,9-11,20,22,28H,7-8,12-14H2,1H3,(H,32,34)(H,29,30,31)/t20-,22+/m0/s1. The van der Waals surface area contributed by atoms with Crippen molar-refractivity contribution in [2.24, 2.45) is 0 Å². The lowest BCUT2D eigenvalue weighted by atomic mass is 9.94. The highest BCUT2D eigenvalue weighted by molar-refractivity contribution is 5.75. The Bertz CT molecular complexity index is 1220. The van der Waals surface area contributed by atoms with Gasteiger partial charge in [0, 0.05) is 37.4 Å². The number of hydrogen-bond donors (Lipinski definition) is 3. The van der Waals surface area contributed by atoms with Crippen molar-refractivity contribution in [2.45, 2.75) is 31.8 Å². The molecule has 0 aliphatic carbocycles. The predicted octanol–water partition coefficient (Wildman–Crippen LogP) is 3.63. The van der Waals surface area contributed by atoms with E-state index in [9.17, 15) is 13.6 Å². The Kier molecular flexibility index (Phi) is 6.10. The smallest absolute Gasteiger partial charge is 0.318 e. The van der Waals surface area contributed by atoms with Crippen LogP contribution in [0, 0.1) is 18.6 Å². The average Bonchev–Trinajstić information content (AvgIpc) is 3.28. The van der Waals surface area contributed by atoms with Crippen molar-refractivity contribution in [3.63, 3.8) is 0 Å². The Hall–Kier alpha value is -3.59. The molecule has 7 nitrogen and oxygen atoms in total. The fourth-order valence-corrected chi connectivity index (χ4v) is 4.59. The quantitative estimate of drug-likeness (QED) is 0.549. The maximum absolute atomic E-state index is 13.7. The number of urea groups is 1. The van der Waals surface area contributed by atoms with E-state index in [0.29, 0.717) is 38.5 Å². The predicted molar refractivity (Wildman–Crippen MR) is 125 cm³/mol. The van der Waals surface area contributed by atoms with Gasteiger partial charge in [0.15, 0.2) is 0 Å². The lowest BCUT2D eigenvalue weighted by Crippen LogP contribution is -2.48. The minimum Gasteiger partial charge on any atom is -0.333 e. The Morgan fingerprint density at radius 3 is 2.82 bits per heavy atom. The molecule has 3 aromatic rings. The van der Waals surface area contributed by atoms with Gasteiger partial charge in [-0.1, -0.05) is 12.1 Å². The SMILES string of the molecule is Cc1cc(F)ccc1Nc1ncc2c(n1)CN(C(=O)N[C@@H]1CNC[C@H]1c1cccc(F)c1)CC2. The first-order valence-corrected chi connectivity index (χ1v) is 11.4. The largest absolute Gasteiger partial charge is 0.333 e. The molecule has 176 valence electrons. The maximum Gasteiger partial charge on any atom is 0.318 e. The second kappa shape index (κ2) is 9.34. The second-order valence-corrected chi connectivity index (χ2v) is 8.80. The Balaban J connectivity index is 1.26. The molecule has 2 aliphatic rings. The summed E-state index contributed by atoms with van der Waals surface area (Å²) < 4.78 is 27.1. The zero-order valence-corrected chi connectivity index (χ0v) is 18.8. The summed E-state index contributed by atoms with van der Waals surface area (Å²) in [6.07, 6.45) is 2.44. The third kappa shape index (κ3) is 4.70. The van der Waals surface area contributed by atoms with Crippen molar-refractivity contribution in [1.82, 2.24) is 25.5 Å². The van der Waals surface area contributed by atoms with Gasteiger partial charge >= 0.3 is 6.03 Å². The molecule has 0 saturated carbocycles. The summed E-state index contributed by atoms with van der Waals surface area (Å²) in [5, 5.41) is 9.55. The van der Waals surface area contributed by atoms with Gasteiger partial charge in [0.25, 0.3) is 0 Å². The molecule has 2 atom stereocenters. The van der Waals surface area contributed by atoms with E-state index in [-0.39, 0.29) is 29.6 Å². The van der Waals surface area contributed by atoms with E-state index in [4.69, 9.17) is 0 Å². The number of fused-ring (bicyclic) bond motifs is 1. The van der Waals surface area contributed by atoms with Crippen molar-refractivity contribution < 1.29 is 13.6 Å². The first-order valence-electron chi connectivity index (χ1n) is 11.4. The topological polar surface area (TPSA) is 82.2 Å². The number of rotatable bonds is 4. The van der Waals surface area contributed by atoms with Crippen molar-refractivity contribution >= 4 is 17.7 Å². The summed E-state index contributed by atoms with van der Waals surface area (Å²) in [5.41, 5.74) is 4.14. The van der Waals surface area contributed by atoms with Crippen LogP contribution >= 0.6 is 0 Å². The van der Waals surface area contributed by atoms with E-state index in [2.05, 4.69) is 25.9 Å². The molecule has 0 bridgehead atoms. The zero-order chi connectivity index (χ0) is 23.7. The van der Waals surface area contributed by atoms with Crippen LogP contribution in [0.15, 0.2) is 48.7 Å². The second-order valence-electron chi connectivity index (χ2n) is 8.80. The van der Waals surface area contributed by atoms with Gasteiger partial charge < -0.3 is 20.9 Å². The molecule has 2 amide bonds. The summed E-state index contributed by atoms with van der Waals surface area (Å²) in [7, 11) is 0. The summed E-state index contributed by atoms with van der Waals surface area (Å²) in [6, 6.07) is 10.7. The van der Waals surface area contributed by atoms with Gasteiger partial charge in [0.2, 0.25) is 5.95 Å². The molecule has 2 aromatic carbocycles. The number of benzene rings is 2. The molecule has 9 heteroatoms. The summed E-state index contributed by atoms with van der Waals surface area (Å²) in [5.74, 6) is -0.161. The number of amides is 2. The number of carbonyl (C=O) groups excluding carboxylic acids is 1. The number of nitrogens with zero attached hydrogens (tertiary/aromatic N) is 3. The van der Waals surface area contributed by atoms with Gasteiger partial charge in [-0.05, 0) is 60.4 Å². The monoisotopic (exact) mass is 464 g/mol. The van der Waals surface area contributed by atoms with E-state index in [1.807, 2.05) is 13.0 Å². The number of nitrogens with one attached hydrogen (secondary N) is 3. The molecule has 1 aromatic heterocycles. The first-order chi connectivity index (χ1) is 16.5. The first kappa shape index (κ1) is 22.2. The molecule has 1 saturated heterocycles. The molecule has 5 rings (SSSR count). The average molecular weight is 465 g/mol. The number of aromatic nitrogens is 2. The lowest BCUT2D eigenvalue weighted by Gasteiger charge is -2.30. The van der Waals surface area contributed by atoms with E-state index in [0.717, 1.165) is 28.1 Å². The van der Waals surface area contributed by atoms with Crippen LogP contribution in [0.5, 0.6) is 0 Å². The Morgan fingerprint density at radius 2 is 2.00 bits per heavy atom. The Labute approximate surface area is 196 Å². The minimum absolute atomic E-state index is 0.00815. The lowest BCUT2D eigenvalue weighted by molar-refractivity contribution is 0.187. The van der Waals surface area contributed by atoms with Crippen molar-refractivity contribution in [3.05, 3.63) is 82.7 Å². The minimum atomic E-state index is -0.298. The number of carbonyl (C=O) groups is 1. The highest BCUT2D eigenvalue weighted by Gasteiger charge is 2.32.